The van der Waals surface area contributed by atoms with Crippen molar-refractivity contribution in [2.75, 3.05) is 0 Å². The number of benzene rings is 1. The van der Waals surface area contributed by atoms with Crippen molar-refractivity contribution in [2.24, 2.45) is 0 Å². The lowest BCUT2D eigenvalue weighted by molar-refractivity contribution is -0.131. The maximum Gasteiger partial charge on any atom is 0.308 e. The third-order valence-corrected chi connectivity index (χ3v) is 3.49. The molecule has 0 amide bonds. The van der Waals surface area contributed by atoms with Crippen LogP contribution in [0.4, 0.5) is 0 Å². The maximum absolute atomic E-state index is 12.3. The van der Waals surface area contributed by atoms with Gasteiger partial charge in [-0.3, -0.25) is 9.59 Å². The first-order chi connectivity index (χ1) is 11.6. The minimum absolute atomic E-state index is 0.143. The number of furan rings is 1. The van der Waals surface area contributed by atoms with Crippen LogP contribution in [0.5, 0.6) is 5.75 Å². The molecule has 0 fully saturated rings. The van der Waals surface area contributed by atoms with Gasteiger partial charge in [0.15, 0.2) is 0 Å². The zero-order valence-electron chi connectivity index (χ0n) is 12.6. The predicted molar refractivity (Wildman–Crippen MR) is 86.7 cm³/mol. The van der Waals surface area contributed by atoms with E-state index in [4.69, 9.17) is 9.15 Å². The molecule has 7 heteroatoms. The van der Waals surface area contributed by atoms with E-state index in [2.05, 4.69) is 15.0 Å². The molecule has 0 saturated heterocycles. The number of carbonyl (C=O) groups is 1. The van der Waals surface area contributed by atoms with Gasteiger partial charge >= 0.3 is 5.97 Å². The van der Waals surface area contributed by atoms with E-state index >= 15 is 0 Å². The summed E-state index contributed by atoms with van der Waals surface area (Å²) in [5, 5.41) is 0.677. The van der Waals surface area contributed by atoms with Crippen LogP contribution < -0.4 is 10.3 Å². The van der Waals surface area contributed by atoms with Gasteiger partial charge < -0.3 is 14.1 Å². The van der Waals surface area contributed by atoms with Crippen molar-refractivity contribution in [1.29, 1.82) is 0 Å². The third-order valence-electron chi connectivity index (χ3n) is 3.49. The molecule has 0 unspecified atom stereocenters. The zero-order valence-corrected chi connectivity index (χ0v) is 12.6. The Morgan fingerprint density at radius 3 is 2.75 bits per heavy atom. The molecular formula is C17H11N3O4. The maximum atomic E-state index is 12.3. The highest BCUT2D eigenvalue weighted by atomic mass is 16.5. The number of rotatable bonds is 2. The molecule has 0 aliphatic heterocycles. The monoisotopic (exact) mass is 321 g/mol. The summed E-state index contributed by atoms with van der Waals surface area (Å²) in [6.07, 6.45) is 1.59. The minimum Gasteiger partial charge on any atom is -0.430 e. The zero-order chi connectivity index (χ0) is 16.7. The summed E-state index contributed by atoms with van der Waals surface area (Å²) in [6.45, 7) is 1.33. The number of hydrogen-bond acceptors (Lipinski definition) is 6. The van der Waals surface area contributed by atoms with E-state index in [1.807, 2.05) is 0 Å². The van der Waals surface area contributed by atoms with Gasteiger partial charge in [0.2, 0.25) is 11.3 Å². The first kappa shape index (κ1) is 14.1. The van der Waals surface area contributed by atoms with Gasteiger partial charge in [-0.05, 0) is 36.4 Å². The van der Waals surface area contributed by atoms with Gasteiger partial charge in [0.05, 0.1) is 5.39 Å². The summed E-state index contributed by atoms with van der Waals surface area (Å²) in [7, 11) is 0. The summed E-state index contributed by atoms with van der Waals surface area (Å²) >= 11 is 0. The Balaban J connectivity index is 1.86. The molecule has 0 radical (unpaired) electrons. The van der Waals surface area contributed by atoms with Gasteiger partial charge in [-0.2, -0.15) is 0 Å². The van der Waals surface area contributed by atoms with Gasteiger partial charge in [0.25, 0.3) is 5.56 Å². The van der Waals surface area contributed by atoms with Crippen molar-refractivity contribution >= 4 is 28.2 Å². The Kier molecular flexibility index (Phi) is 3.13. The van der Waals surface area contributed by atoms with Gasteiger partial charge in [-0.1, -0.05) is 0 Å². The third kappa shape index (κ3) is 2.32. The van der Waals surface area contributed by atoms with E-state index in [-0.39, 0.29) is 11.1 Å². The quantitative estimate of drug-likeness (QED) is 0.450. The van der Waals surface area contributed by atoms with Crippen LogP contribution in [0.2, 0.25) is 0 Å². The number of H-pyrrole nitrogens is 1. The summed E-state index contributed by atoms with van der Waals surface area (Å²) in [4.78, 5) is 34.5. The Hall–Kier alpha value is -3.48. The lowest BCUT2D eigenvalue weighted by atomic mass is 10.2. The van der Waals surface area contributed by atoms with Crippen LogP contribution in [0.3, 0.4) is 0 Å². The number of aromatic nitrogens is 3. The number of carbonyl (C=O) groups excluding carboxylic acids is 1. The first-order valence-corrected chi connectivity index (χ1v) is 7.18. The average molecular weight is 321 g/mol. The first-order valence-electron chi connectivity index (χ1n) is 7.18. The lowest BCUT2D eigenvalue weighted by Crippen LogP contribution is -2.08. The Morgan fingerprint density at radius 2 is 2.00 bits per heavy atom. The van der Waals surface area contributed by atoms with Crippen molar-refractivity contribution in [3.8, 4) is 17.1 Å². The normalized spacial score (nSPS) is 11.0. The molecule has 4 aromatic rings. The van der Waals surface area contributed by atoms with E-state index < -0.39 is 5.97 Å². The van der Waals surface area contributed by atoms with Crippen LogP contribution in [-0.2, 0) is 4.79 Å². The lowest BCUT2D eigenvalue weighted by Gasteiger charge is -2.03. The van der Waals surface area contributed by atoms with Crippen molar-refractivity contribution in [3.05, 3.63) is 52.9 Å². The molecule has 0 saturated carbocycles. The molecule has 1 aromatic carbocycles. The topological polar surface area (TPSA) is 98.1 Å². The number of nitrogens with zero attached hydrogens (tertiary/aromatic N) is 2. The fourth-order valence-electron chi connectivity index (χ4n) is 2.47. The van der Waals surface area contributed by atoms with Gasteiger partial charge in [-0.15, -0.1) is 0 Å². The van der Waals surface area contributed by atoms with Crippen molar-refractivity contribution < 1.29 is 13.9 Å². The van der Waals surface area contributed by atoms with Crippen LogP contribution in [0, 0.1) is 0 Å². The number of esters is 1. The average Bonchev–Trinajstić information content (AvgIpc) is 2.94. The second-order valence-electron chi connectivity index (χ2n) is 5.17. The van der Waals surface area contributed by atoms with Crippen LogP contribution in [0.15, 0.2) is 51.8 Å². The van der Waals surface area contributed by atoms with Gasteiger partial charge in [0.1, 0.15) is 17.1 Å². The van der Waals surface area contributed by atoms with Crippen LogP contribution >= 0.6 is 0 Å². The smallest absolute Gasteiger partial charge is 0.308 e. The molecule has 24 heavy (non-hydrogen) atoms. The molecule has 4 rings (SSSR count). The van der Waals surface area contributed by atoms with E-state index in [0.29, 0.717) is 33.8 Å². The highest BCUT2D eigenvalue weighted by Crippen LogP contribution is 2.25. The number of nitrogens with one attached hydrogen (secondary N) is 1. The molecule has 1 N–H and O–H groups in total. The predicted octanol–water partition coefficient (Wildman–Crippen LogP) is 2.66. The SMILES string of the molecule is CC(=O)Oc1ccc(-c2nc3c(oc4ncccc43)c(=O)[nH]2)cc1. The molecule has 118 valence electrons. The van der Waals surface area contributed by atoms with Crippen LogP contribution in [-0.4, -0.2) is 20.9 Å². The highest BCUT2D eigenvalue weighted by molar-refractivity contribution is 6.00. The molecule has 3 aromatic heterocycles. The van der Waals surface area contributed by atoms with Gasteiger partial charge in [-0.25, -0.2) is 9.97 Å². The molecule has 7 nitrogen and oxygen atoms in total. The standard InChI is InChI=1S/C17H11N3O4/c1-9(21)23-11-6-4-10(5-7-11)15-19-13-12-3-2-8-18-17(12)24-14(13)16(22)20-15/h2-8H,1H3,(H,19,20,22). The number of aromatic amines is 1. The summed E-state index contributed by atoms with van der Waals surface area (Å²) in [5.41, 5.74) is 1.28. The molecule has 0 aliphatic carbocycles. The number of pyridine rings is 1. The van der Waals surface area contributed by atoms with Crippen LogP contribution in [0.1, 0.15) is 6.92 Å². The van der Waals surface area contributed by atoms with Gasteiger partial charge in [0, 0.05) is 18.7 Å². The minimum atomic E-state index is -0.395. The molecule has 0 aliphatic rings. The fraction of sp³-hybridized carbons (Fsp3) is 0.0588. The second kappa shape index (κ2) is 5.31. The van der Waals surface area contributed by atoms with Crippen molar-refractivity contribution in [1.82, 2.24) is 15.0 Å². The highest BCUT2D eigenvalue weighted by Gasteiger charge is 2.14. The Morgan fingerprint density at radius 1 is 1.21 bits per heavy atom. The van der Waals surface area contributed by atoms with E-state index in [9.17, 15) is 9.59 Å². The molecule has 0 spiro atoms. The Bertz CT molecular complexity index is 1130. The van der Waals surface area contributed by atoms with Crippen molar-refractivity contribution in [3.63, 3.8) is 0 Å². The van der Waals surface area contributed by atoms with E-state index in [0.717, 1.165) is 0 Å². The second-order valence-corrected chi connectivity index (χ2v) is 5.17. The fourth-order valence-corrected chi connectivity index (χ4v) is 2.47. The molecule has 0 atom stereocenters. The molecular weight excluding hydrogens is 310 g/mol. The van der Waals surface area contributed by atoms with E-state index in [1.165, 1.54) is 6.92 Å². The summed E-state index contributed by atoms with van der Waals surface area (Å²) in [5.74, 6) is 0.425. The Labute approximate surface area is 134 Å². The summed E-state index contributed by atoms with van der Waals surface area (Å²) < 4.78 is 10.5. The van der Waals surface area contributed by atoms with Crippen molar-refractivity contribution in [2.45, 2.75) is 6.92 Å². The number of ether oxygens (including phenoxy) is 1. The summed E-state index contributed by atoms with van der Waals surface area (Å²) in [6, 6.07) is 10.2. The van der Waals surface area contributed by atoms with Crippen LogP contribution in [0.25, 0.3) is 33.6 Å². The van der Waals surface area contributed by atoms with E-state index in [1.54, 1.807) is 42.6 Å². The molecule has 3 heterocycles. The number of hydrogen-bond donors (Lipinski definition) is 1. The largest absolute Gasteiger partial charge is 0.430 e. The molecule has 0 bridgehead atoms. The number of fused-ring (bicyclic) bond motifs is 3.